The molecule has 1 aromatic rings. The Kier molecular flexibility index (Phi) is 6.56. The molecular weight excluding hydrogens is 272 g/mol. The third-order valence-electron chi connectivity index (χ3n) is 2.79. The van der Waals surface area contributed by atoms with Gasteiger partial charge in [-0.15, -0.1) is 23.7 Å². The first-order valence-corrected chi connectivity index (χ1v) is 6.74. The Morgan fingerprint density at radius 3 is 2.89 bits per heavy atom. The minimum atomic E-state index is 0. The van der Waals surface area contributed by atoms with Crippen LogP contribution in [0.15, 0.2) is 10.9 Å². The summed E-state index contributed by atoms with van der Waals surface area (Å²) < 4.78 is 0. The van der Waals surface area contributed by atoms with Crippen LogP contribution in [-0.2, 0) is 11.3 Å². The summed E-state index contributed by atoms with van der Waals surface area (Å²) in [6.07, 6.45) is 0. The predicted molar refractivity (Wildman–Crippen MR) is 75.1 cm³/mol. The molecular formula is C11H19ClN4OS. The highest BCUT2D eigenvalue weighted by Crippen LogP contribution is 2.04. The van der Waals surface area contributed by atoms with Crippen molar-refractivity contribution in [3.8, 4) is 0 Å². The molecule has 5 nitrogen and oxygen atoms in total. The summed E-state index contributed by atoms with van der Waals surface area (Å²) in [5.74, 6) is 0.212. The fraction of sp³-hybridized carbons (Fsp3) is 0.636. The first kappa shape index (κ1) is 15.4. The van der Waals surface area contributed by atoms with E-state index >= 15 is 0 Å². The Balaban J connectivity index is 0.00000162. The van der Waals surface area contributed by atoms with Gasteiger partial charge >= 0.3 is 0 Å². The number of carbonyl (C=O) groups is 1. The summed E-state index contributed by atoms with van der Waals surface area (Å²) in [6.45, 7) is 4.66. The van der Waals surface area contributed by atoms with Crippen LogP contribution in [0.1, 0.15) is 5.69 Å². The van der Waals surface area contributed by atoms with Gasteiger partial charge in [-0.25, -0.2) is 4.98 Å². The van der Waals surface area contributed by atoms with Crippen LogP contribution in [-0.4, -0.2) is 60.5 Å². The largest absolute Gasteiger partial charge is 0.339 e. The number of hydrogen-bond donors (Lipinski definition) is 1. The van der Waals surface area contributed by atoms with Crippen LogP contribution in [0, 0.1) is 0 Å². The minimum Gasteiger partial charge on any atom is -0.339 e. The van der Waals surface area contributed by atoms with Gasteiger partial charge in [-0.2, -0.15) is 0 Å². The van der Waals surface area contributed by atoms with E-state index in [-0.39, 0.29) is 18.3 Å². The van der Waals surface area contributed by atoms with Crippen LogP contribution < -0.4 is 5.32 Å². The molecule has 1 saturated heterocycles. The number of halogens is 1. The van der Waals surface area contributed by atoms with Crippen molar-refractivity contribution in [2.45, 2.75) is 6.54 Å². The van der Waals surface area contributed by atoms with Crippen molar-refractivity contribution in [2.24, 2.45) is 0 Å². The Morgan fingerprint density at radius 2 is 2.28 bits per heavy atom. The third kappa shape index (κ3) is 4.53. The van der Waals surface area contributed by atoms with Gasteiger partial charge in [0.25, 0.3) is 0 Å². The lowest BCUT2D eigenvalue weighted by atomic mass is 10.3. The number of nitrogens with one attached hydrogen (secondary N) is 1. The number of hydrogen-bond acceptors (Lipinski definition) is 5. The molecule has 0 atom stereocenters. The van der Waals surface area contributed by atoms with E-state index in [0.29, 0.717) is 6.54 Å². The van der Waals surface area contributed by atoms with Crippen molar-refractivity contribution in [1.29, 1.82) is 0 Å². The fourth-order valence-corrected chi connectivity index (χ4v) is 2.44. The van der Waals surface area contributed by atoms with Gasteiger partial charge in [0.05, 0.1) is 17.7 Å². The minimum absolute atomic E-state index is 0. The number of aromatic nitrogens is 1. The molecule has 1 fully saturated rings. The summed E-state index contributed by atoms with van der Waals surface area (Å²) in [5.41, 5.74) is 2.85. The molecule has 2 heterocycles. The van der Waals surface area contributed by atoms with Crippen molar-refractivity contribution >= 4 is 29.7 Å². The van der Waals surface area contributed by atoms with E-state index < -0.39 is 0 Å². The maximum absolute atomic E-state index is 12.0. The van der Waals surface area contributed by atoms with Gasteiger partial charge in [-0.1, -0.05) is 0 Å². The molecule has 7 heteroatoms. The lowest BCUT2D eigenvalue weighted by molar-refractivity contribution is -0.132. The summed E-state index contributed by atoms with van der Waals surface area (Å²) in [7, 11) is 1.96. The topological polar surface area (TPSA) is 48.5 Å². The molecule has 1 aliphatic heterocycles. The first-order chi connectivity index (χ1) is 8.25. The summed E-state index contributed by atoms with van der Waals surface area (Å²) >= 11 is 1.59. The lowest BCUT2D eigenvalue weighted by Gasteiger charge is -2.29. The van der Waals surface area contributed by atoms with Crippen molar-refractivity contribution in [1.82, 2.24) is 20.1 Å². The molecule has 1 aromatic heterocycles. The predicted octanol–water partition coefficient (Wildman–Crippen LogP) is 0.429. The van der Waals surface area contributed by atoms with E-state index in [4.69, 9.17) is 0 Å². The maximum Gasteiger partial charge on any atom is 0.236 e. The van der Waals surface area contributed by atoms with Gasteiger partial charge < -0.3 is 10.2 Å². The highest BCUT2D eigenvalue weighted by Gasteiger charge is 2.17. The second kappa shape index (κ2) is 7.68. The average molecular weight is 291 g/mol. The van der Waals surface area contributed by atoms with Crippen LogP contribution >= 0.6 is 23.7 Å². The molecule has 0 spiro atoms. The molecule has 1 amide bonds. The van der Waals surface area contributed by atoms with Crippen LogP contribution in [0.2, 0.25) is 0 Å². The normalized spacial score (nSPS) is 15.6. The maximum atomic E-state index is 12.0. The molecule has 0 unspecified atom stereocenters. The van der Waals surface area contributed by atoms with Crippen LogP contribution in [0.25, 0.3) is 0 Å². The smallest absolute Gasteiger partial charge is 0.236 e. The van der Waals surface area contributed by atoms with E-state index in [0.717, 1.165) is 38.4 Å². The molecule has 0 radical (unpaired) electrons. The fourth-order valence-electron chi connectivity index (χ4n) is 1.89. The first-order valence-electron chi connectivity index (χ1n) is 5.80. The quantitative estimate of drug-likeness (QED) is 0.874. The molecule has 102 valence electrons. The van der Waals surface area contributed by atoms with E-state index in [2.05, 4.69) is 10.3 Å². The Morgan fingerprint density at radius 1 is 1.56 bits per heavy atom. The van der Waals surface area contributed by atoms with Crippen LogP contribution in [0.5, 0.6) is 0 Å². The van der Waals surface area contributed by atoms with Crippen molar-refractivity contribution in [2.75, 3.05) is 39.8 Å². The number of amides is 1. The molecule has 0 aromatic carbocycles. The molecule has 1 aliphatic rings. The number of nitrogens with zero attached hydrogens (tertiary/aromatic N) is 3. The molecule has 0 saturated carbocycles. The lowest BCUT2D eigenvalue weighted by Crippen LogP contribution is -2.49. The molecule has 2 rings (SSSR count). The van der Waals surface area contributed by atoms with E-state index in [1.807, 2.05) is 27.7 Å². The SMILES string of the molecule is CN(CC(=O)N1CCNCC1)Cc1cscn1.Cl. The van der Waals surface area contributed by atoms with Gasteiger partial charge in [0, 0.05) is 38.1 Å². The Labute approximate surface area is 118 Å². The molecule has 0 bridgehead atoms. The zero-order chi connectivity index (χ0) is 12.1. The number of carbonyl (C=O) groups excluding carboxylic acids is 1. The molecule has 18 heavy (non-hydrogen) atoms. The summed E-state index contributed by atoms with van der Waals surface area (Å²) in [4.78, 5) is 20.1. The molecule has 1 N–H and O–H groups in total. The second-order valence-corrected chi connectivity index (χ2v) is 5.00. The Hall–Kier alpha value is -0.690. The number of likely N-dealkylation sites (N-methyl/N-ethyl adjacent to an activating group) is 1. The zero-order valence-corrected chi connectivity index (χ0v) is 12.1. The van der Waals surface area contributed by atoms with Crippen LogP contribution in [0.3, 0.4) is 0 Å². The third-order valence-corrected chi connectivity index (χ3v) is 3.43. The van der Waals surface area contributed by atoms with Gasteiger partial charge in [0.1, 0.15) is 0 Å². The number of thiazole rings is 1. The number of rotatable bonds is 4. The van der Waals surface area contributed by atoms with Crippen molar-refractivity contribution in [3.63, 3.8) is 0 Å². The molecule has 0 aliphatic carbocycles. The average Bonchev–Trinajstić information content (AvgIpc) is 2.82. The van der Waals surface area contributed by atoms with Crippen molar-refractivity contribution in [3.05, 3.63) is 16.6 Å². The van der Waals surface area contributed by atoms with E-state index in [9.17, 15) is 4.79 Å². The second-order valence-electron chi connectivity index (χ2n) is 4.28. The highest BCUT2D eigenvalue weighted by molar-refractivity contribution is 7.07. The highest BCUT2D eigenvalue weighted by atomic mass is 35.5. The van der Waals surface area contributed by atoms with Crippen molar-refractivity contribution < 1.29 is 4.79 Å². The van der Waals surface area contributed by atoms with Gasteiger partial charge in [-0.3, -0.25) is 9.69 Å². The Bertz CT molecular complexity index is 354. The monoisotopic (exact) mass is 290 g/mol. The van der Waals surface area contributed by atoms with E-state index in [1.54, 1.807) is 11.3 Å². The van der Waals surface area contributed by atoms with E-state index in [1.165, 1.54) is 0 Å². The van der Waals surface area contributed by atoms with Crippen LogP contribution in [0.4, 0.5) is 0 Å². The van der Waals surface area contributed by atoms with Gasteiger partial charge in [-0.05, 0) is 7.05 Å². The standard InChI is InChI=1S/C11H18N4OS.ClH/c1-14(6-10-8-17-9-13-10)7-11(16)15-4-2-12-3-5-15;/h8-9,12H,2-7H2,1H3;1H. The number of piperazine rings is 1. The van der Waals surface area contributed by atoms with Gasteiger partial charge in [0.2, 0.25) is 5.91 Å². The van der Waals surface area contributed by atoms with Gasteiger partial charge in [0.15, 0.2) is 0 Å². The zero-order valence-electron chi connectivity index (χ0n) is 10.5. The summed E-state index contributed by atoms with van der Waals surface area (Å²) in [6, 6.07) is 0. The summed E-state index contributed by atoms with van der Waals surface area (Å²) in [5, 5.41) is 5.26.